The van der Waals surface area contributed by atoms with Gasteiger partial charge in [-0.25, -0.2) is 4.79 Å². The van der Waals surface area contributed by atoms with Gasteiger partial charge in [-0.2, -0.15) is 0 Å². The number of pyridine rings is 1. The smallest absolute Gasteiger partial charge is 0.412 e. The Balaban J connectivity index is 2.11. The van der Waals surface area contributed by atoms with Crippen LogP contribution in [0.3, 0.4) is 0 Å². The Morgan fingerprint density at radius 1 is 1.21 bits per heavy atom. The van der Waals surface area contributed by atoms with Crippen LogP contribution in [0.2, 0.25) is 0 Å². The molecule has 0 unspecified atom stereocenters. The second-order valence-electron chi connectivity index (χ2n) is 9.16. The molecule has 3 rings (SSSR count). The molecule has 0 spiro atoms. The predicted molar refractivity (Wildman–Crippen MR) is 127 cm³/mol. The van der Waals surface area contributed by atoms with Crippen molar-refractivity contribution in [3.05, 3.63) is 47.3 Å². The Morgan fingerprint density at radius 2 is 1.94 bits per heavy atom. The van der Waals surface area contributed by atoms with E-state index in [4.69, 9.17) is 23.7 Å². The number of nitrogens with zero attached hydrogens (tertiary/aromatic N) is 1. The number of amides is 1. The molecule has 2 aromatic rings. The van der Waals surface area contributed by atoms with Gasteiger partial charge in [-0.1, -0.05) is 0 Å². The van der Waals surface area contributed by atoms with Gasteiger partial charge in [-0.3, -0.25) is 15.1 Å². The van der Waals surface area contributed by atoms with Crippen LogP contribution in [-0.2, 0) is 9.47 Å². The van der Waals surface area contributed by atoms with Gasteiger partial charge in [0.25, 0.3) is 0 Å². The molecule has 9 nitrogen and oxygen atoms in total. The topological polar surface area (TPSA) is 105 Å². The van der Waals surface area contributed by atoms with Crippen LogP contribution in [0.25, 0.3) is 6.08 Å². The van der Waals surface area contributed by atoms with E-state index in [0.29, 0.717) is 11.3 Å². The lowest BCUT2D eigenvalue weighted by atomic mass is 9.94. The second kappa shape index (κ2) is 9.72. The lowest BCUT2D eigenvalue weighted by molar-refractivity contribution is 0.0496. The summed E-state index contributed by atoms with van der Waals surface area (Å²) >= 11 is 0. The third-order valence-electron chi connectivity index (χ3n) is 4.73. The molecule has 1 N–H and O–H groups in total. The van der Waals surface area contributed by atoms with Gasteiger partial charge in [0.2, 0.25) is 5.78 Å². The van der Waals surface area contributed by atoms with E-state index in [0.717, 1.165) is 0 Å². The van der Waals surface area contributed by atoms with Crippen LogP contribution in [0, 0.1) is 0 Å². The number of ether oxygens (including phenoxy) is 5. The highest BCUT2D eigenvalue weighted by atomic mass is 16.7. The summed E-state index contributed by atoms with van der Waals surface area (Å²) in [6, 6.07) is 3.14. The standard InChI is InChI=1S/C25H30N2O7/c1-24(2,3)34-23(29)27-17-13-26-11-9-15(17)21(28)20-19(32-14-30-6)12-18-16(22(20)31-7)8-10-25(4,5)33-18/h8-13H,14H2,1-7H3,(H,27,29). The summed E-state index contributed by atoms with van der Waals surface area (Å²) < 4.78 is 27.8. The van der Waals surface area contributed by atoms with Crippen LogP contribution < -0.4 is 19.5 Å². The molecule has 0 atom stereocenters. The normalized spacial score (nSPS) is 14.0. The van der Waals surface area contributed by atoms with Crippen molar-refractivity contribution in [3.63, 3.8) is 0 Å². The summed E-state index contributed by atoms with van der Waals surface area (Å²) in [5.74, 6) is 0.556. The first-order chi connectivity index (χ1) is 16.0. The van der Waals surface area contributed by atoms with Gasteiger partial charge in [0.1, 0.15) is 34.0 Å². The monoisotopic (exact) mass is 470 g/mol. The molecule has 1 amide bonds. The van der Waals surface area contributed by atoms with Crippen LogP contribution >= 0.6 is 0 Å². The number of hydrogen-bond donors (Lipinski definition) is 1. The van der Waals surface area contributed by atoms with E-state index < -0.39 is 23.1 Å². The van der Waals surface area contributed by atoms with Crippen molar-refractivity contribution < 1.29 is 33.3 Å². The number of anilines is 1. The maximum Gasteiger partial charge on any atom is 0.412 e. The minimum absolute atomic E-state index is 0.0964. The number of hydrogen-bond acceptors (Lipinski definition) is 8. The number of benzene rings is 1. The fourth-order valence-corrected chi connectivity index (χ4v) is 3.37. The molecule has 0 fully saturated rings. The minimum atomic E-state index is -0.709. The summed E-state index contributed by atoms with van der Waals surface area (Å²) in [6.07, 6.45) is 5.86. The van der Waals surface area contributed by atoms with Crippen molar-refractivity contribution >= 4 is 23.6 Å². The van der Waals surface area contributed by atoms with E-state index in [1.54, 1.807) is 26.8 Å². The van der Waals surface area contributed by atoms with E-state index in [-0.39, 0.29) is 35.1 Å². The molecule has 0 bridgehead atoms. The molecule has 34 heavy (non-hydrogen) atoms. The molecule has 9 heteroatoms. The van der Waals surface area contributed by atoms with E-state index in [2.05, 4.69) is 10.3 Å². The Hall–Kier alpha value is -3.59. The molecule has 1 aromatic carbocycles. The number of carbonyl (C=O) groups excluding carboxylic acids is 2. The first-order valence-corrected chi connectivity index (χ1v) is 10.7. The van der Waals surface area contributed by atoms with Crippen molar-refractivity contribution in [1.29, 1.82) is 0 Å². The molecular weight excluding hydrogens is 440 g/mol. The molecule has 1 aromatic heterocycles. The molecule has 0 saturated heterocycles. The molecule has 0 saturated carbocycles. The number of aromatic nitrogens is 1. The third kappa shape index (κ3) is 5.66. The first-order valence-electron chi connectivity index (χ1n) is 10.7. The number of methoxy groups -OCH3 is 2. The van der Waals surface area contributed by atoms with Crippen molar-refractivity contribution in [2.45, 2.75) is 45.8 Å². The van der Waals surface area contributed by atoms with Crippen LogP contribution in [-0.4, -0.2) is 49.1 Å². The summed E-state index contributed by atoms with van der Waals surface area (Å²) in [7, 11) is 2.94. The van der Waals surface area contributed by atoms with Crippen molar-refractivity contribution in [1.82, 2.24) is 4.98 Å². The van der Waals surface area contributed by atoms with Crippen LogP contribution in [0.5, 0.6) is 17.2 Å². The largest absolute Gasteiger partial charge is 0.495 e. The van der Waals surface area contributed by atoms with Gasteiger partial charge >= 0.3 is 6.09 Å². The van der Waals surface area contributed by atoms with Gasteiger partial charge in [0.05, 0.1) is 24.6 Å². The zero-order valence-corrected chi connectivity index (χ0v) is 20.5. The van der Waals surface area contributed by atoms with Crippen LogP contribution in [0.4, 0.5) is 10.5 Å². The van der Waals surface area contributed by atoms with Gasteiger partial charge in [-0.05, 0) is 52.8 Å². The van der Waals surface area contributed by atoms with E-state index in [9.17, 15) is 9.59 Å². The molecule has 2 heterocycles. The molecule has 182 valence electrons. The summed E-state index contributed by atoms with van der Waals surface area (Å²) in [5, 5.41) is 2.60. The van der Waals surface area contributed by atoms with Crippen LogP contribution in [0.15, 0.2) is 30.6 Å². The highest BCUT2D eigenvalue weighted by Gasteiger charge is 2.32. The Bertz CT molecular complexity index is 1120. The highest BCUT2D eigenvalue weighted by molar-refractivity contribution is 6.17. The van der Waals surface area contributed by atoms with Gasteiger partial charge < -0.3 is 23.7 Å². The van der Waals surface area contributed by atoms with E-state index >= 15 is 0 Å². The summed E-state index contributed by atoms with van der Waals surface area (Å²) in [6.45, 7) is 8.97. The van der Waals surface area contributed by atoms with Crippen LogP contribution in [0.1, 0.15) is 56.1 Å². The molecular formula is C25H30N2O7. The fraction of sp³-hybridized carbons (Fsp3) is 0.400. The predicted octanol–water partition coefficient (Wildman–Crippen LogP) is 4.84. The lowest BCUT2D eigenvalue weighted by Gasteiger charge is -2.30. The van der Waals surface area contributed by atoms with Gasteiger partial charge in [0, 0.05) is 24.9 Å². The van der Waals surface area contributed by atoms with Gasteiger partial charge in [-0.15, -0.1) is 0 Å². The number of nitrogens with one attached hydrogen (secondary N) is 1. The molecule has 1 aliphatic heterocycles. The van der Waals surface area contributed by atoms with E-state index in [1.165, 1.54) is 32.7 Å². The third-order valence-corrected chi connectivity index (χ3v) is 4.73. The average molecular weight is 471 g/mol. The fourth-order valence-electron chi connectivity index (χ4n) is 3.37. The first kappa shape index (κ1) is 25.0. The number of carbonyl (C=O) groups is 2. The number of ketones is 1. The average Bonchev–Trinajstić information content (AvgIpc) is 2.74. The van der Waals surface area contributed by atoms with Crippen molar-refractivity contribution in [2.24, 2.45) is 0 Å². The molecule has 1 aliphatic rings. The lowest BCUT2D eigenvalue weighted by Crippen LogP contribution is -2.28. The Morgan fingerprint density at radius 3 is 2.59 bits per heavy atom. The van der Waals surface area contributed by atoms with Crippen molar-refractivity contribution in [3.8, 4) is 17.2 Å². The summed E-state index contributed by atoms with van der Waals surface area (Å²) in [4.78, 5) is 30.2. The summed E-state index contributed by atoms with van der Waals surface area (Å²) in [5.41, 5.74) is -0.123. The van der Waals surface area contributed by atoms with E-state index in [1.807, 2.05) is 26.0 Å². The second-order valence-corrected chi connectivity index (χ2v) is 9.16. The zero-order chi connectivity index (χ0) is 25.1. The number of fused-ring (bicyclic) bond motifs is 1. The minimum Gasteiger partial charge on any atom is -0.495 e. The quantitative estimate of drug-likeness (QED) is 0.453. The maximum atomic E-state index is 13.8. The maximum absolute atomic E-state index is 13.8. The van der Waals surface area contributed by atoms with Crippen molar-refractivity contribution in [2.75, 3.05) is 26.3 Å². The SMILES string of the molecule is COCOc1cc2c(c(OC)c1C(=O)c1ccncc1NC(=O)OC(C)(C)C)C=CC(C)(C)O2. The Labute approximate surface area is 199 Å². The molecule has 0 aliphatic carbocycles. The highest BCUT2D eigenvalue weighted by Crippen LogP contribution is 2.45. The van der Waals surface area contributed by atoms with Gasteiger partial charge in [0.15, 0.2) is 6.79 Å². The number of rotatable bonds is 7. The Kier molecular flexibility index (Phi) is 7.16. The zero-order valence-electron chi connectivity index (χ0n) is 20.5. The molecule has 0 radical (unpaired) electrons.